The highest BCUT2D eigenvalue weighted by Gasteiger charge is 1.87. The maximum Gasteiger partial charge on any atom is 0.101 e. The van der Waals surface area contributed by atoms with Crippen LogP contribution < -0.4 is 0 Å². The van der Waals surface area contributed by atoms with Gasteiger partial charge >= 0.3 is 0 Å². The third-order valence-electron chi connectivity index (χ3n) is 1.52. The number of hydrogen-bond acceptors (Lipinski definition) is 0. The Labute approximate surface area is 69.4 Å². The second kappa shape index (κ2) is 6.17. The lowest BCUT2D eigenvalue weighted by Gasteiger charge is -1.96. The Hall–Kier alpha value is -0.560. The van der Waals surface area contributed by atoms with E-state index in [0.717, 1.165) is 12.8 Å². The average molecular weight is 153 g/mol. The summed E-state index contributed by atoms with van der Waals surface area (Å²) in [6, 6.07) is 0. The Morgan fingerprint density at radius 1 is 1.18 bits per heavy atom. The molecule has 0 aromatic rings. The van der Waals surface area contributed by atoms with Gasteiger partial charge in [-0.05, 0) is 33.6 Å². The van der Waals surface area contributed by atoms with Crippen LogP contribution in [0.25, 0.3) is 0 Å². The summed E-state index contributed by atoms with van der Waals surface area (Å²) in [6.45, 7) is 6.11. The molecule has 0 bridgehead atoms. The Morgan fingerprint density at radius 3 is 2.27 bits per heavy atom. The molecule has 0 aliphatic heterocycles. The molecule has 0 saturated carbocycles. The predicted molar refractivity (Wildman–Crippen MR) is 48.0 cm³/mol. The van der Waals surface area contributed by atoms with Crippen LogP contribution in [0.1, 0.15) is 33.6 Å². The van der Waals surface area contributed by atoms with Crippen LogP contribution in [0.2, 0.25) is 0 Å². The highest BCUT2D eigenvalue weighted by atomic mass is 16.2. The monoisotopic (exact) mass is 153 g/mol. The number of allylic oxidation sites excluding steroid dienone is 3. The zero-order valence-corrected chi connectivity index (χ0v) is 7.68. The fraction of sp³-hybridized carbons (Fsp3) is 0.600. The van der Waals surface area contributed by atoms with Crippen molar-refractivity contribution in [2.24, 2.45) is 0 Å². The third kappa shape index (κ3) is 7.34. The molecule has 0 aliphatic carbocycles. The minimum Gasteiger partial charge on any atom is -0.232 e. The van der Waals surface area contributed by atoms with Crippen LogP contribution in [-0.4, -0.2) is 6.61 Å². The van der Waals surface area contributed by atoms with Gasteiger partial charge in [0, 0.05) is 0 Å². The van der Waals surface area contributed by atoms with Crippen molar-refractivity contribution in [3.63, 3.8) is 0 Å². The Bertz CT molecular complexity index is 150. The Morgan fingerprint density at radius 2 is 1.82 bits per heavy atom. The molecule has 63 valence electrons. The second-order valence-electron chi connectivity index (χ2n) is 3.04. The van der Waals surface area contributed by atoms with Gasteiger partial charge in [0.25, 0.3) is 0 Å². The van der Waals surface area contributed by atoms with Gasteiger partial charge in [0.2, 0.25) is 0 Å². The minimum atomic E-state index is -0.0827. The van der Waals surface area contributed by atoms with Gasteiger partial charge < -0.3 is 0 Å². The number of rotatable bonds is 4. The summed E-state index contributed by atoms with van der Waals surface area (Å²) in [7, 11) is 0. The van der Waals surface area contributed by atoms with Crippen LogP contribution in [0.3, 0.4) is 0 Å². The molecule has 0 amide bonds. The molecular formula is C10H17O. The fourth-order valence-corrected chi connectivity index (χ4v) is 0.833. The second-order valence-corrected chi connectivity index (χ2v) is 3.04. The van der Waals surface area contributed by atoms with E-state index in [-0.39, 0.29) is 6.61 Å². The summed E-state index contributed by atoms with van der Waals surface area (Å²) in [6.07, 6.45) is 6.03. The highest BCUT2D eigenvalue weighted by Crippen LogP contribution is 2.05. The van der Waals surface area contributed by atoms with Gasteiger partial charge in [0.1, 0.15) is 6.61 Å². The lowest BCUT2D eigenvalue weighted by Crippen LogP contribution is -1.79. The van der Waals surface area contributed by atoms with E-state index in [2.05, 4.69) is 19.9 Å². The van der Waals surface area contributed by atoms with Crippen LogP contribution in [0.4, 0.5) is 0 Å². The van der Waals surface area contributed by atoms with E-state index in [0.29, 0.717) is 0 Å². The first-order valence-corrected chi connectivity index (χ1v) is 4.04. The van der Waals surface area contributed by atoms with E-state index in [1.54, 1.807) is 6.08 Å². The van der Waals surface area contributed by atoms with E-state index >= 15 is 0 Å². The lowest BCUT2D eigenvalue weighted by molar-refractivity contribution is 0.231. The minimum absolute atomic E-state index is 0.0827. The summed E-state index contributed by atoms with van der Waals surface area (Å²) in [5.74, 6) is 0. The van der Waals surface area contributed by atoms with Gasteiger partial charge in [-0.15, -0.1) is 0 Å². The molecule has 0 atom stereocenters. The van der Waals surface area contributed by atoms with Crippen molar-refractivity contribution in [2.75, 3.05) is 6.61 Å². The SMILES string of the molecule is CC(C)=CCC/C(C)=C\C[O]. The van der Waals surface area contributed by atoms with Crippen LogP contribution in [0.5, 0.6) is 0 Å². The first-order chi connectivity index (χ1) is 5.16. The standard InChI is InChI=1S/C10H17O/c1-9(2)5-4-6-10(3)7-8-11/h5,7H,4,6,8H2,1-3H3/b10-7-. The Balaban J connectivity index is 3.54. The summed E-state index contributed by atoms with van der Waals surface area (Å²) < 4.78 is 0. The van der Waals surface area contributed by atoms with Crippen molar-refractivity contribution in [1.82, 2.24) is 0 Å². The van der Waals surface area contributed by atoms with Gasteiger partial charge in [-0.1, -0.05) is 23.3 Å². The van der Waals surface area contributed by atoms with Crippen LogP contribution in [-0.2, 0) is 5.11 Å². The zero-order valence-electron chi connectivity index (χ0n) is 7.68. The third-order valence-corrected chi connectivity index (χ3v) is 1.52. The fourth-order valence-electron chi connectivity index (χ4n) is 0.833. The molecule has 0 aliphatic rings. The van der Waals surface area contributed by atoms with Gasteiger partial charge in [0.05, 0.1) is 0 Å². The van der Waals surface area contributed by atoms with E-state index in [4.69, 9.17) is 0 Å². The Kier molecular flexibility index (Phi) is 5.86. The van der Waals surface area contributed by atoms with Crippen LogP contribution in [0.15, 0.2) is 23.3 Å². The molecule has 0 aromatic heterocycles. The molecule has 1 heteroatoms. The zero-order chi connectivity index (χ0) is 8.69. The van der Waals surface area contributed by atoms with Crippen LogP contribution in [0, 0.1) is 0 Å². The molecule has 0 saturated heterocycles. The molecule has 0 heterocycles. The van der Waals surface area contributed by atoms with Gasteiger partial charge in [-0.3, -0.25) is 0 Å². The summed E-state index contributed by atoms with van der Waals surface area (Å²) in [4.78, 5) is 0. The molecule has 0 rings (SSSR count). The maximum atomic E-state index is 10.1. The average Bonchev–Trinajstić information content (AvgIpc) is 1.87. The van der Waals surface area contributed by atoms with E-state index in [1.807, 2.05) is 6.92 Å². The van der Waals surface area contributed by atoms with Gasteiger partial charge in [-0.25, -0.2) is 5.11 Å². The van der Waals surface area contributed by atoms with Crippen LogP contribution >= 0.6 is 0 Å². The first kappa shape index (κ1) is 10.4. The molecule has 1 nitrogen and oxygen atoms in total. The van der Waals surface area contributed by atoms with E-state index < -0.39 is 0 Å². The van der Waals surface area contributed by atoms with Gasteiger partial charge in [0.15, 0.2) is 0 Å². The molecule has 11 heavy (non-hydrogen) atoms. The molecule has 0 fully saturated rings. The van der Waals surface area contributed by atoms with Gasteiger partial charge in [-0.2, -0.15) is 0 Å². The topological polar surface area (TPSA) is 19.9 Å². The summed E-state index contributed by atoms with van der Waals surface area (Å²) in [5, 5.41) is 10.1. The van der Waals surface area contributed by atoms with Crippen molar-refractivity contribution in [3.8, 4) is 0 Å². The van der Waals surface area contributed by atoms with Crippen molar-refractivity contribution in [3.05, 3.63) is 23.3 Å². The maximum absolute atomic E-state index is 10.1. The molecule has 0 aromatic carbocycles. The summed E-state index contributed by atoms with van der Waals surface area (Å²) in [5.41, 5.74) is 2.55. The largest absolute Gasteiger partial charge is 0.232 e. The predicted octanol–water partition coefficient (Wildman–Crippen LogP) is 3.11. The molecule has 0 unspecified atom stereocenters. The lowest BCUT2D eigenvalue weighted by atomic mass is 10.1. The van der Waals surface area contributed by atoms with Crippen molar-refractivity contribution >= 4 is 0 Å². The smallest absolute Gasteiger partial charge is 0.101 e. The van der Waals surface area contributed by atoms with Crippen molar-refractivity contribution < 1.29 is 5.11 Å². The van der Waals surface area contributed by atoms with E-state index in [9.17, 15) is 5.11 Å². The van der Waals surface area contributed by atoms with Crippen molar-refractivity contribution in [2.45, 2.75) is 33.6 Å². The molecule has 0 N–H and O–H groups in total. The molecular weight excluding hydrogens is 136 g/mol. The normalized spacial score (nSPS) is 11.5. The van der Waals surface area contributed by atoms with Crippen molar-refractivity contribution in [1.29, 1.82) is 0 Å². The summed E-state index contributed by atoms with van der Waals surface area (Å²) >= 11 is 0. The van der Waals surface area contributed by atoms with E-state index in [1.165, 1.54) is 11.1 Å². The number of hydrogen-bond donors (Lipinski definition) is 0. The molecule has 1 radical (unpaired) electrons. The molecule has 0 spiro atoms. The first-order valence-electron chi connectivity index (χ1n) is 4.04. The quantitative estimate of drug-likeness (QED) is 0.553. The highest BCUT2D eigenvalue weighted by molar-refractivity contribution is 5.01.